The van der Waals surface area contributed by atoms with Crippen LogP contribution in [0.2, 0.25) is 0 Å². The molecule has 104 valence electrons. The molecule has 0 saturated carbocycles. The van der Waals surface area contributed by atoms with Crippen molar-refractivity contribution in [2.45, 2.75) is 12.6 Å². The highest BCUT2D eigenvalue weighted by Crippen LogP contribution is 2.32. The summed E-state index contributed by atoms with van der Waals surface area (Å²) in [5.74, 6) is -1.06. The van der Waals surface area contributed by atoms with Gasteiger partial charge in [-0.15, -0.1) is 0 Å². The summed E-state index contributed by atoms with van der Waals surface area (Å²) in [4.78, 5) is 14.8. The molecule has 1 N–H and O–H groups in total. The van der Waals surface area contributed by atoms with Crippen LogP contribution in [0.3, 0.4) is 0 Å². The first-order chi connectivity index (χ1) is 9.38. The van der Waals surface area contributed by atoms with Gasteiger partial charge in [0.1, 0.15) is 0 Å². The number of aliphatic carboxylic acids is 1. The molecular weight excluding hydrogens is 271 g/mol. The number of hydrogen-bond donors (Lipinski definition) is 1. The minimum Gasteiger partial charge on any atom is -0.481 e. The number of carboxylic acid groups (broad SMARTS) is 1. The minimum absolute atomic E-state index is 0.247. The molecule has 1 heterocycles. The lowest BCUT2D eigenvalue weighted by atomic mass is 10.0. The molecule has 2 aromatic rings. The third kappa shape index (κ3) is 3.14. The molecule has 1 aromatic carbocycles. The van der Waals surface area contributed by atoms with Gasteiger partial charge in [0.25, 0.3) is 0 Å². The number of benzene rings is 1. The van der Waals surface area contributed by atoms with Crippen molar-refractivity contribution in [1.82, 2.24) is 4.98 Å². The second-order valence-electron chi connectivity index (χ2n) is 4.16. The Morgan fingerprint density at radius 3 is 2.60 bits per heavy atom. The van der Waals surface area contributed by atoms with Gasteiger partial charge < -0.3 is 5.11 Å². The van der Waals surface area contributed by atoms with Gasteiger partial charge in [-0.05, 0) is 23.8 Å². The Kier molecular flexibility index (Phi) is 3.74. The van der Waals surface area contributed by atoms with Crippen LogP contribution in [0.5, 0.6) is 0 Å². The number of carbonyl (C=O) groups is 1. The lowest BCUT2D eigenvalue weighted by Gasteiger charge is -2.10. The van der Waals surface area contributed by atoms with Crippen molar-refractivity contribution in [3.63, 3.8) is 0 Å². The van der Waals surface area contributed by atoms with Crippen LogP contribution in [0.15, 0.2) is 42.6 Å². The summed E-state index contributed by atoms with van der Waals surface area (Å²) in [6, 6.07) is 7.77. The van der Waals surface area contributed by atoms with Gasteiger partial charge in [0, 0.05) is 11.8 Å². The second-order valence-corrected chi connectivity index (χ2v) is 4.16. The predicted molar refractivity (Wildman–Crippen MR) is 66.0 cm³/mol. The average Bonchev–Trinajstić information content (AvgIpc) is 2.38. The first kappa shape index (κ1) is 14.0. The average molecular weight is 281 g/mol. The lowest BCUT2D eigenvalue weighted by Crippen LogP contribution is -2.06. The van der Waals surface area contributed by atoms with E-state index in [-0.39, 0.29) is 17.7 Å². The van der Waals surface area contributed by atoms with E-state index in [0.717, 1.165) is 12.1 Å². The number of alkyl halides is 3. The van der Waals surface area contributed by atoms with Gasteiger partial charge in [0.2, 0.25) is 0 Å². The molecule has 0 spiro atoms. The van der Waals surface area contributed by atoms with Gasteiger partial charge in [-0.25, -0.2) is 0 Å². The molecular formula is C14H10F3NO2. The number of nitrogens with zero attached hydrogens (tertiary/aromatic N) is 1. The first-order valence-electron chi connectivity index (χ1n) is 5.71. The molecule has 0 bridgehead atoms. The highest BCUT2D eigenvalue weighted by molar-refractivity contribution is 5.75. The smallest absolute Gasteiger partial charge is 0.416 e. The van der Waals surface area contributed by atoms with Gasteiger partial charge in [-0.3, -0.25) is 9.78 Å². The van der Waals surface area contributed by atoms with E-state index in [1.165, 1.54) is 24.4 Å². The molecule has 20 heavy (non-hydrogen) atoms. The van der Waals surface area contributed by atoms with Crippen LogP contribution in [0.1, 0.15) is 11.1 Å². The van der Waals surface area contributed by atoms with Crippen molar-refractivity contribution in [2.24, 2.45) is 0 Å². The van der Waals surface area contributed by atoms with E-state index in [1.54, 1.807) is 6.07 Å². The summed E-state index contributed by atoms with van der Waals surface area (Å²) >= 11 is 0. The third-order valence-electron chi connectivity index (χ3n) is 2.70. The number of halogens is 3. The third-order valence-corrected chi connectivity index (χ3v) is 2.70. The number of pyridine rings is 1. The van der Waals surface area contributed by atoms with E-state index >= 15 is 0 Å². The minimum atomic E-state index is -4.45. The molecule has 2 rings (SSSR count). The highest BCUT2D eigenvalue weighted by Gasteiger charge is 2.30. The summed E-state index contributed by atoms with van der Waals surface area (Å²) in [6.45, 7) is 0. The Balaban J connectivity index is 2.49. The summed E-state index contributed by atoms with van der Waals surface area (Å²) in [5.41, 5.74) is 0.0823. The van der Waals surface area contributed by atoms with Crippen LogP contribution in [0.4, 0.5) is 13.2 Å². The SMILES string of the molecule is O=C(O)Cc1cccnc1-c1cccc(C(F)(F)F)c1. The molecule has 0 unspecified atom stereocenters. The molecule has 0 fully saturated rings. The quantitative estimate of drug-likeness (QED) is 0.938. The van der Waals surface area contributed by atoms with Gasteiger partial charge in [-0.2, -0.15) is 13.2 Å². The molecule has 0 aliphatic rings. The van der Waals surface area contributed by atoms with E-state index in [0.29, 0.717) is 5.56 Å². The van der Waals surface area contributed by atoms with Crippen LogP contribution >= 0.6 is 0 Å². The van der Waals surface area contributed by atoms with Crippen molar-refractivity contribution in [2.75, 3.05) is 0 Å². The maximum Gasteiger partial charge on any atom is 0.416 e. The Bertz CT molecular complexity index is 638. The molecule has 0 saturated heterocycles. The van der Waals surface area contributed by atoms with Gasteiger partial charge >= 0.3 is 12.1 Å². The molecule has 6 heteroatoms. The van der Waals surface area contributed by atoms with Crippen LogP contribution in [-0.4, -0.2) is 16.1 Å². The van der Waals surface area contributed by atoms with E-state index in [1.807, 2.05) is 0 Å². The molecule has 0 amide bonds. The molecule has 0 aliphatic carbocycles. The Hall–Kier alpha value is -2.37. The molecule has 3 nitrogen and oxygen atoms in total. The van der Waals surface area contributed by atoms with E-state index < -0.39 is 17.7 Å². The number of rotatable bonds is 3. The van der Waals surface area contributed by atoms with Crippen molar-refractivity contribution >= 4 is 5.97 Å². The van der Waals surface area contributed by atoms with E-state index in [2.05, 4.69) is 4.98 Å². The maximum absolute atomic E-state index is 12.7. The fourth-order valence-corrected chi connectivity index (χ4v) is 1.85. The summed E-state index contributed by atoms with van der Waals surface area (Å²) in [5, 5.41) is 8.81. The summed E-state index contributed by atoms with van der Waals surface area (Å²) < 4.78 is 38.0. The van der Waals surface area contributed by atoms with Crippen LogP contribution in [-0.2, 0) is 17.4 Å². The Morgan fingerprint density at radius 2 is 1.95 bits per heavy atom. The molecule has 0 atom stereocenters. The van der Waals surface area contributed by atoms with Gasteiger partial charge in [0.05, 0.1) is 17.7 Å². The van der Waals surface area contributed by atoms with Crippen molar-refractivity contribution in [3.05, 3.63) is 53.7 Å². The van der Waals surface area contributed by atoms with Crippen molar-refractivity contribution < 1.29 is 23.1 Å². The zero-order valence-electron chi connectivity index (χ0n) is 10.2. The van der Waals surface area contributed by atoms with Crippen molar-refractivity contribution in [3.8, 4) is 11.3 Å². The molecule has 1 aromatic heterocycles. The standard InChI is InChI=1S/C14H10F3NO2/c15-14(16,17)11-5-1-3-9(7-11)13-10(8-12(19)20)4-2-6-18-13/h1-7H,8H2,(H,19,20). The number of carboxylic acids is 1. The van der Waals surface area contributed by atoms with E-state index in [9.17, 15) is 18.0 Å². The van der Waals surface area contributed by atoms with Gasteiger partial charge in [-0.1, -0.05) is 18.2 Å². The highest BCUT2D eigenvalue weighted by atomic mass is 19.4. The first-order valence-corrected chi connectivity index (χ1v) is 5.71. The van der Waals surface area contributed by atoms with Crippen LogP contribution in [0, 0.1) is 0 Å². The molecule has 0 radical (unpaired) electrons. The van der Waals surface area contributed by atoms with Crippen LogP contribution < -0.4 is 0 Å². The van der Waals surface area contributed by atoms with E-state index in [4.69, 9.17) is 5.11 Å². The Labute approximate surface area is 112 Å². The lowest BCUT2D eigenvalue weighted by molar-refractivity contribution is -0.138. The largest absolute Gasteiger partial charge is 0.481 e. The predicted octanol–water partition coefficient (Wildman–Crippen LogP) is 3.39. The van der Waals surface area contributed by atoms with Crippen LogP contribution in [0.25, 0.3) is 11.3 Å². The maximum atomic E-state index is 12.7. The second kappa shape index (κ2) is 5.32. The zero-order chi connectivity index (χ0) is 14.8. The number of aromatic nitrogens is 1. The van der Waals surface area contributed by atoms with Gasteiger partial charge in [0.15, 0.2) is 0 Å². The normalized spacial score (nSPS) is 11.3. The number of hydrogen-bond acceptors (Lipinski definition) is 2. The fourth-order valence-electron chi connectivity index (χ4n) is 1.85. The Morgan fingerprint density at radius 1 is 1.20 bits per heavy atom. The van der Waals surface area contributed by atoms with Crippen molar-refractivity contribution in [1.29, 1.82) is 0 Å². The topological polar surface area (TPSA) is 50.2 Å². The fraction of sp³-hybridized carbons (Fsp3) is 0.143. The molecule has 0 aliphatic heterocycles. The summed E-state index contributed by atoms with van der Waals surface area (Å²) in [7, 11) is 0. The monoisotopic (exact) mass is 281 g/mol. The summed E-state index contributed by atoms with van der Waals surface area (Å²) in [6.07, 6.45) is -3.32. The zero-order valence-corrected chi connectivity index (χ0v) is 10.2.